The molecule has 0 amide bonds. The summed E-state index contributed by atoms with van der Waals surface area (Å²) in [6, 6.07) is 18.7. The Bertz CT molecular complexity index is 667. The predicted octanol–water partition coefficient (Wildman–Crippen LogP) is 3.36. The van der Waals surface area contributed by atoms with Gasteiger partial charge in [0.2, 0.25) is 0 Å². The molecule has 0 unspecified atom stereocenters. The Morgan fingerprint density at radius 2 is 1.72 bits per heavy atom. The smallest absolute Gasteiger partial charge is 0.0708 e. The highest BCUT2D eigenvalue weighted by Crippen LogP contribution is 2.27. The van der Waals surface area contributed by atoms with Gasteiger partial charge in [-0.3, -0.25) is 4.98 Å². The van der Waals surface area contributed by atoms with Crippen LogP contribution in [0.15, 0.2) is 60.8 Å². The fourth-order valence-electron chi connectivity index (χ4n) is 2.18. The number of fused-ring (bicyclic) bond motifs is 1. The first-order valence-electron chi connectivity index (χ1n) is 6.01. The summed E-state index contributed by atoms with van der Waals surface area (Å²) < 4.78 is 0. The first-order chi connectivity index (χ1) is 8.88. The van der Waals surface area contributed by atoms with Gasteiger partial charge in [0.05, 0.1) is 5.52 Å². The molecule has 2 N–H and O–H groups in total. The zero-order valence-electron chi connectivity index (χ0n) is 10.0. The van der Waals surface area contributed by atoms with Crippen LogP contribution < -0.4 is 5.73 Å². The van der Waals surface area contributed by atoms with E-state index in [1.807, 2.05) is 24.4 Å². The average Bonchev–Trinajstić information content (AvgIpc) is 2.47. The Kier molecular flexibility index (Phi) is 2.79. The molecule has 88 valence electrons. The van der Waals surface area contributed by atoms with Crippen LogP contribution in [0.2, 0.25) is 0 Å². The third-order valence-electron chi connectivity index (χ3n) is 3.15. The van der Waals surface area contributed by atoms with E-state index in [1.54, 1.807) is 0 Å². The molecular weight excluding hydrogens is 220 g/mol. The highest BCUT2D eigenvalue weighted by Gasteiger charge is 2.03. The van der Waals surface area contributed by atoms with Crippen molar-refractivity contribution in [3.05, 3.63) is 66.4 Å². The molecule has 1 heterocycles. The first-order valence-corrected chi connectivity index (χ1v) is 6.01. The van der Waals surface area contributed by atoms with Crippen molar-refractivity contribution < 1.29 is 0 Å². The Morgan fingerprint density at radius 1 is 0.889 bits per heavy atom. The molecule has 0 aliphatic rings. The summed E-state index contributed by atoms with van der Waals surface area (Å²) >= 11 is 0. The van der Waals surface area contributed by atoms with Crippen molar-refractivity contribution in [2.45, 2.75) is 6.54 Å². The predicted molar refractivity (Wildman–Crippen MR) is 75.1 cm³/mol. The van der Waals surface area contributed by atoms with Gasteiger partial charge >= 0.3 is 0 Å². The van der Waals surface area contributed by atoms with Gasteiger partial charge in [0.15, 0.2) is 0 Å². The normalized spacial score (nSPS) is 10.7. The van der Waals surface area contributed by atoms with E-state index in [9.17, 15) is 0 Å². The summed E-state index contributed by atoms with van der Waals surface area (Å²) in [5.41, 5.74) is 10.2. The Hall–Kier alpha value is -2.19. The molecule has 2 heteroatoms. The van der Waals surface area contributed by atoms with E-state index >= 15 is 0 Å². The van der Waals surface area contributed by atoms with E-state index in [0.717, 1.165) is 11.1 Å². The van der Waals surface area contributed by atoms with Crippen LogP contribution in [0.4, 0.5) is 0 Å². The van der Waals surface area contributed by atoms with Crippen molar-refractivity contribution in [2.24, 2.45) is 5.73 Å². The molecule has 0 atom stereocenters. The molecule has 0 radical (unpaired) electrons. The van der Waals surface area contributed by atoms with E-state index in [-0.39, 0.29) is 0 Å². The number of rotatable bonds is 2. The van der Waals surface area contributed by atoms with Gasteiger partial charge < -0.3 is 5.73 Å². The second-order valence-electron chi connectivity index (χ2n) is 4.28. The van der Waals surface area contributed by atoms with Gasteiger partial charge in [0, 0.05) is 18.1 Å². The first kappa shape index (κ1) is 10.9. The SMILES string of the molecule is NCc1ccc(-c2cccc3ncccc23)cc1. The fourth-order valence-corrected chi connectivity index (χ4v) is 2.18. The molecule has 0 saturated carbocycles. The van der Waals surface area contributed by atoms with Crippen LogP contribution in [0, 0.1) is 0 Å². The minimum atomic E-state index is 0.581. The Morgan fingerprint density at radius 3 is 2.50 bits per heavy atom. The molecule has 0 fully saturated rings. The molecular formula is C16H14N2. The van der Waals surface area contributed by atoms with E-state index in [2.05, 4.69) is 41.4 Å². The third kappa shape index (κ3) is 1.87. The molecule has 3 rings (SSSR count). The molecule has 0 saturated heterocycles. The Labute approximate surface area is 106 Å². The van der Waals surface area contributed by atoms with Gasteiger partial charge in [-0.15, -0.1) is 0 Å². The van der Waals surface area contributed by atoms with Gasteiger partial charge in [-0.05, 0) is 28.8 Å². The monoisotopic (exact) mass is 234 g/mol. The van der Waals surface area contributed by atoms with Crippen molar-refractivity contribution in [3.63, 3.8) is 0 Å². The summed E-state index contributed by atoms with van der Waals surface area (Å²) in [6.07, 6.45) is 1.82. The lowest BCUT2D eigenvalue weighted by atomic mass is 9.99. The van der Waals surface area contributed by atoms with Gasteiger partial charge in [-0.1, -0.05) is 42.5 Å². The number of hydrogen-bond acceptors (Lipinski definition) is 2. The van der Waals surface area contributed by atoms with Crippen LogP contribution in [0.5, 0.6) is 0 Å². The van der Waals surface area contributed by atoms with E-state index < -0.39 is 0 Å². The average molecular weight is 234 g/mol. The van der Waals surface area contributed by atoms with Crippen molar-refractivity contribution in [1.29, 1.82) is 0 Å². The number of aromatic nitrogens is 1. The second-order valence-corrected chi connectivity index (χ2v) is 4.28. The minimum Gasteiger partial charge on any atom is -0.326 e. The van der Waals surface area contributed by atoms with Crippen molar-refractivity contribution >= 4 is 10.9 Å². The lowest BCUT2D eigenvalue weighted by Gasteiger charge is -2.07. The largest absolute Gasteiger partial charge is 0.326 e. The summed E-state index contributed by atoms with van der Waals surface area (Å²) in [6.45, 7) is 0.581. The van der Waals surface area contributed by atoms with Crippen LogP contribution in [0.3, 0.4) is 0 Å². The van der Waals surface area contributed by atoms with Crippen LogP contribution >= 0.6 is 0 Å². The minimum absolute atomic E-state index is 0.581. The van der Waals surface area contributed by atoms with E-state index in [1.165, 1.54) is 16.5 Å². The highest BCUT2D eigenvalue weighted by molar-refractivity contribution is 5.94. The van der Waals surface area contributed by atoms with Gasteiger partial charge in [-0.2, -0.15) is 0 Å². The van der Waals surface area contributed by atoms with Crippen LogP contribution in [-0.4, -0.2) is 4.98 Å². The lowest BCUT2D eigenvalue weighted by Crippen LogP contribution is -1.95. The van der Waals surface area contributed by atoms with Crippen LogP contribution in [0.1, 0.15) is 5.56 Å². The molecule has 2 aromatic carbocycles. The van der Waals surface area contributed by atoms with Gasteiger partial charge in [-0.25, -0.2) is 0 Å². The number of nitrogens with two attached hydrogens (primary N) is 1. The van der Waals surface area contributed by atoms with E-state index in [4.69, 9.17) is 5.73 Å². The summed E-state index contributed by atoms with van der Waals surface area (Å²) in [7, 11) is 0. The fraction of sp³-hybridized carbons (Fsp3) is 0.0625. The van der Waals surface area contributed by atoms with Crippen LogP contribution in [0.25, 0.3) is 22.0 Å². The number of hydrogen-bond donors (Lipinski definition) is 1. The number of benzene rings is 2. The maximum atomic E-state index is 5.62. The summed E-state index contributed by atoms with van der Waals surface area (Å²) in [5.74, 6) is 0. The molecule has 0 aliphatic heterocycles. The quantitative estimate of drug-likeness (QED) is 0.738. The standard InChI is InChI=1S/C16H14N2/c17-11-12-6-8-13(9-7-12)14-3-1-5-16-15(14)4-2-10-18-16/h1-10H,11,17H2. The Balaban J connectivity index is 2.18. The van der Waals surface area contributed by atoms with Gasteiger partial charge in [0.1, 0.15) is 0 Å². The molecule has 0 aliphatic carbocycles. The van der Waals surface area contributed by atoms with Crippen molar-refractivity contribution in [3.8, 4) is 11.1 Å². The molecule has 2 nitrogen and oxygen atoms in total. The van der Waals surface area contributed by atoms with Crippen molar-refractivity contribution in [2.75, 3.05) is 0 Å². The number of nitrogens with zero attached hydrogens (tertiary/aromatic N) is 1. The molecule has 0 bridgehead atoms. The van der Waals surface area contributed by atoms with Crippen LogP contribution in [-0.2, 0) is 6.54 Å². The topological polar surface area (TPSA) is 38.9 Å². The molecule has 1 aromatic heterocycles. The molecule has 3 aromatic rings. The van der Waals surface area contributed by atoms with Gasteiger partial charge in [0.25, 0.3) is 0 Å². The summed E-state index contributed by atoms with van der Waals surface area (Å²) in [5, 5.41) is 1.18. The zero-order valence-corrected chi connectivity index (χ0v) is 10.0. The number of pyridine rings is 1. The molecule has 0 spiro atoms. The lowest BCUT2D eigenvalue weighted by molar-refractivity contribution is 1.07. The van der Waals surface area contributed by atoms with E-state index in [0.29, 0.717) is 6.54 Å². The summed E-state index contributed by atoms with van der Waals surface area (Å²) in [4.78, 5) is 4.38. The third-order valence-corrected chi connectivity index (χ3v) is 3.15. The second kappa shape index (κ2) is 4.59. The van der Waals surface area contributed by atoms with Crippen molar-refractivity contribution in [1.82, 2.24) is 4.98 Å². The zero-order chi connectivity index (χ0) is 12.4. The maximum absolute atomic E-state index is 5.62. The molecule has 18 heavy (non-hydrogen) atoms. The maximum Gasteiger partial charge on any atom is 0.0708 e. The highest BCUT2D eigenvalue weighted by atomic mass is 14.6.